The zero-order valence-electron chi connectivity index (χ0n) is 10.8. The molecule has 0 aromatic heterocycles. The van der Waals surface area contributed by atoms with Crippen molar-refractivity contribution in [2.45, 2.75) is 18.4 Å². The maximum Gasteiger partial charge on any atom is 0.309 e. The summed E-state index contributed by atoms with van der Waals surface area (Å²) in [5.74, 6) is 0. The standard InChI is InChI=1S/C13H15N3O4/c14-8-10-2-1-3-11(12(10)16(18)19)15-9-13(17)4-6-20-7-5-13/h1-3,15,17H,4-7,9H2. The van der Waals surface area contributed by atoms with E-state index in [1.54, 1.807) is 12.1 Å². The number of ether oxygens (including phenoxy) is 1. The predicted molar refractivity (Wildman–Crippen MR) is 71.3 cm³/mol. The fourth-order valence-electron chi connectivity index (χ4n) is 2.16. The van der Waals surface area contributed by atoms with Crippen molar-refractivity contribution in [1.82, 2.24) is 0 Å². The molecule has 0 bridgehead atoms. The Morgan fingerprint density at radius 1 is 1.50 bits per heavy atom. The summed E-state index contributed by atoms with van der Waals surface area (Å²) in [6, 6.07) is 6.30. The Morgan fingerprint density at radius 3 is 2.80 bits per heavy atom. The second-order valence-corrected chi connectivity index (χ2v) is 4.76. The van der Waals surface area contributed by atoms with Crippen molar-refractivity contribution in [3.05, 3.63) is 33.9 Å². The minimum absolute atomic E-state index is 0.000956. The van der Waals surface area contributed by atoms with Crippen molar-refractivity contribution >= 4 is 11.4 Å². The van der Waals surface area contributed by atoms with Crippen LogP contribution >= 0.6 is 0 Å². The van der Waals surface area contributed by atoms with Crippen LogP contribution in [0.5, 0.6) is 0 Å². The van der Waals surface area contributed by atoms with Gasteiger partial charge in [-0.3, -0.25) is 10.1 Å². The lowest BCUT2D eigenvalue weighted by Gasteiger charge is -2.32. The number of para-hydroxylation sites is 1. The third-order valence-corrected chi connectivity index (χ3v) is 3.37. The third-order valence-electron chi connectivity index (χ3n) is 3.37. The number of nitro benzene ring substituents is 1. The van der Waals surface area contributed by atoms with Gasteiger partial charge in [0.2, 0.25) is 0 Å². The summed E-state index contributed by atoms with van der Waals surface area (Å²) >= 11 is 0. The molecule has 0 saturated carbocycles. The van der Waals surface area contributed by atoms with Crippen LogP contribution in [0, 0.1) is 21.4 Å². The highest BCUT2D eigenvalue weighted by molar-refractivity contribution is 5.68. The van der Waals surface area contributed by atoms with E-state index < -0.39 is 10.5 Å². The monoisotopic (exact) mass is 277 g/mol. The lowest BCUT2D eigenvalue weighted by Crippen LogP contribution is -2.42. The van der Waals surface area contributed by atoms with Crippen LogP contribution in [0.1, 0.15) is 18.4 Å². The first-order valence-electron chi connectivity index (χ1n) is 6.27. The quantitative estimate of drug-likeness (QED) is 0.636. The molecule has 2 N–H and O–H groups in total. The molecule has 7 heteroatoms. The van der Waals surface area contributed by atoms with Crippen LogP contribution in [0.25, 0.3) is 0 Å². The Bertz CT molecular complexity index is 547. The summed E-state index contributed by atoms with van der Waals surface area (Å²) in [5.41, 5.74) is -0.951. The van der Waals surface area contributed by atoms with Gasteiger partial charge in [-0.1, -0.05) is 6.07 Å². The first kappa shape index (κ1) is 14.2. The number of anilines is 1. The van der Waals surface area contributed by atoms with Crippen LogP contribution in [0.3, 0.4) is 0 Å². The van der Waals surface area contributed by atoms with Crippen molar-refractivity contribution in [2.24, 2.45) is 0 Å². The van der Waals surface area contributed by atoms with Gasteiger partial charge in [0, 0.05) is 32.6 Å². The van der Waals surface area contributed by atoms with E-state index >= 15 is 0 Å². The average molecular weight is 277 g/mol. The lowest BCUT2D eigenvalue weighted by molar-refractivity contribution is -0.384. The van der Waals surface area contributed by atoms with Gasteiger partial charge in [0.05, 0.1) is 10.5 Å². The second kappa shape index (κ2) is 5.86. The van der Waals surface area contributed by atoms with Crippen molar-refractivity contribution in [3.63, 3.8) is 0 Å². The normalized spacial score (nSPS) is 17.2. The topological polar surface area (TPSA) is 108 Å². The third kappa shape index (κ3) is 3.04. The maximum atomic E-state index is 11.1. The minimum atomic E-state index is -0.936. The summed E-state index contributed by atoms with van der Waals surface area (Å²) in [4.78, 5) is 10.5. The number of hydrogen-bond donors (Lipinski definition) is 2. The fourth-order valence-corrected chi connectivity index (χ4v) is 2.16. The molecule has 2 rings (SSSR count). The molecule has 0 aliphatic carbocycles. The Hall–Kier alpha value is -2.17. The number of rotatable bonds is 4. The molecule has 20 heavy (non-hydrogen) atoms. The SMILES string of the molecule is N#Cc1cccc(NCC2(O)CCOCC2)c1[N+](=O)[O-]. The van der Waals surface area contributed by atoms with Crippen molar-refractivity contribution in [2.75, 3.05) is 25.1 Å². The zero-order chi connectivity index (χ0) is 14.6. The molecule has 0 radical (unpaired) electrons. The molecule has 1 aromatic carbocycles. The van der Waals surface area contributed by atoms with Crippen LogP contribution in [0.15, 0.2) is 18.2 Å². The molecule has 0 atom stereocenters. The van der Waals surface area contributed by atoms with Crippen molar-refractivity contribution in [1.29, 1.82) is 5.26 Å². The van der Waals surface area contributed by atoms with Crippen LogP contribution in [0.2, 0.25) is 0 Å². The molecule has 1 saturated heterocycles. The van der Waals surface area contributed by atoms with Crippen molar-refractivity contribution in [3.8, 4) is 6.07 Å². The number of nitrogens with zero attached hydrogens (tertiary/aromatic N) is 2. The molecule has 0 unspecified atom stereocenters. The van der Waals surface area contributed by atoms with E-state index in [0.717, 1.165) is 0 Å². The summed E-state index contributed by atoms with van der Waals surface area (Å²) in [6.45, 7) is 1.13. The molecular weight excluding hydrogens is 262 g/mol. The molecule has 0 amide bonds. The van der Waals surface area contributed by atoms with E-state index in [9.17, 15) is 15.2 Å². The molecular formula is C13H15N3O4. The Labute approximate surface area is 115 Å². The Balaban J connectivity index is 2.17. The number of nitriles is 1. The zero-order valence-corrected chi connectivity index (χ0v) is 10.8. The molecule has 7 nitrogen and oxygen atoms in total. The summed E-state index contributed by atoms with van der Waals surface area (Å²) < 4.78 is 5.18. The molecule has 1 aliphatic heterocycles. The van der Waals surface area contributed by atoms with Gasteiger partial charge in [0.1, 0.15) is 17.3 Å². The van der Waals surface area contributed by atoms with Gasteiger partial charge in [-0.25, -0.2) is 0 Å². The number of nitro groups is 1. The number of aliphatic hydroxyl groups is 1. The van der Waals surface area contributed by atoms with E-state index in [1.165, 1.54) is 12.1 Å². The van der Waals surface area contributed by atoms with Gasteiger partial charge in [-0.15, -0.1) is 0 Å². The van der Waals surface area contributed by atoms with Crippen molar-refractivity contribution < 1.29 is 14.8 Å². The highest BCUT2D eigenvalue weighted by atomic mass is 16.6. The lowest BCUT2D eigenvalue weighted by atomic mass is 9.94. The maximum absolute atomic E-state index is 11.1. The van der Waals surface area contributed by atoms with E-state index in [0.29, 0.717) is 26.1 Å². The highest BCUT2D eigenvalue weighted by Crippen LogP contribution is 2.29. The summed E-state index contributed by atoms with van der Waals surface area (Å²) in [5, 5.41) is 33.2. The van der Waals surface area contributed by atoms with Crippen LogP contribution in [-0.2, 0) is 4.74 Å². The Morgan fingerprint density at radius 2 is 2.20 bits per heavy atom. The predicted octanol–water partition coefficient (Wildman–Crippen LogP) is 1.42. The second-order valence-electron chi connectivity index (χ2n) is 4.76. The molecule has 1 aromatic rings. The molecule has 106 valence electrons. The van der Waals surface area contributed by atoms with E-state index in [2.05, 4.69) is 5.32 Å². The summed E-state index contributed by atoms with van der Waals surface area (Å²) in [6.07, 6.45) is 0.956. The fraction of sp³-hybridized carbons (Fsp3) is 0.462. The molecule has 1 heterocycles. The Kier molecular flexibility index (Phi) is 4.17. The average Bonchev–Trinajstić information content (AvgIpc) is 2.45. The molecule has 1 aliphatic rings. The van der Waals surface area contributed by atoms with Gasteiger partial charge in [-0.05, 0) is 12.1 Å². The van der Waals surface area contributed by atoms with Gasteiger partial charge >= 0.3 is 5.69 Å². The molecule has 1 fully saturated rings. The van der Waals surface area contributed by atoms with Gasteiger partial charge < -0.3 is 15.2 Å². The largest absolute Gasteiger partial charge is 0.388 e. The molecule has 0 spiro atoms. The minimum Gasteiger partial charge on any atom is -0.388 e. The first-order chi connectivity index (χ1) is 9.56. The van der Waals surface area contributed by atoms with Gasteiger partial charge in [0.25, 0.3) is 0 Å². The van der Waals surface area contributed by atoms with E-state index in [4.69, 9.17) is 10.00 Å². The van der Waals surface area contributed by atoms with Crippen LogP contribution in [0.4, 0.5) is 11.4 Å². The van der Waals surface area contributed by atoms with Gasteiger partial charge in [-0.2, -0.15) is 5.26 Å². The smallest absolute Gasteiger partial charge is 0.309 e. The number of benzene rings is 1. The van der Waals surface area contributed by atoms with E-state index in [-0.39, 0.29) is 23.5 Å². The van der Waals surface area contributed by atoms with Crippen LogP contribution < -0.4 is 5.32 Å². The first-order valence-corrected chi connectivity index (χ1v) is 6.27. The number of hydrogen-bond acceptors (Lipinski definition) is 6. The summed E-state index contributed by atoms with van der Waals surface area (Å²) in [7, 11) is 0. The number of nitrogens with one attached hydrogen (secondary N) is 1. The highest BCUT2D eigenvalue weighted by Gasteiger charge is 2.30. The van der Waals surface area contributed by atoms with Crippen LogP contribution in [-0.4, -0.2) is 35.4 Å². The van der Waals surface area contributed by atoms with Gasteiger partial charge in [0.15, 0.2) is 0 Å². The van der Waals surface area contributed by atoms with E-state index in [1.807, 2.05) is 0 Å².